The number of hydrogen-bond donors (Lipinski definition) is 2. The predicted molar refractivity (Wildman–Crippen MR) is 126 cm³/mol. The van der Waals surface area contributed by atoms with Gasteiger partial charge < -0.3 is 10.3 Å². The Morgan fingerprint density at radius 1 is 0.903 bits per heavy atom. The van der Waals surface area contributed by atoms with E-state index in [1.54, 1.807) is 11.8 Å². The Kier molecular flexibility index (Phi) is 5.41. The Labute approximate surface area is 184 Å². The van der Waals surface area contributed by atoms with Crippen LogP contribution in [0.5, 0.6) is 0 Å². The van der Waals surface area contributed by atoms with Crippen LogP contribution in [0.1, 0.15) is 17.2 Å². The summed E-state index contributed by atoms with van der Waals surface area (Å²) in [5.74, 6) is 2.47. The average Bonchev–Trinajstić information content (AvgIpc) is 3.41. The average molecular weight is 427 g/mol. The molecule has 0 spiro atoms. The monoisotopic (exact) mass is 426 g/mol. The van der Waals surface area contributed by atoms with Gasteiger partial charge in [0.05, 0.1) is 23.3 Å². The molecular weight excluding hydrogens is 404 g/mol. The number of thioether (sulfide) groups is 1. The van der Waals surface area contributed by atoms with Gasteiger partial charge in [-0.25, -0.2) is 4.98 Å². The first-order valence-electron chi connectivity index (χ1n) is 10.1. The molecule has 0 unspecified atom stereocenters. The maximum Gasteiger partial charge on any atom is 0.196 e. The number of benzene rings is 3. The zero-order chi connectivity index (χ0) is 21.0. The van der Waals surface area contributed by atoms with Gasteiger partial charge in [0.2, 0.25) is 0 Å². The molecule has 0 amide bonds. The summed E-state index contributed by atoms with van der Waals surface area (Å²) in [6.07, 6.45) is 0. The molecule has 0 aliphatic heterocycles. The minimum absolute atomic E-state index is 0.580. The molecule has 3 aromatic carbocycles. The summed E-state index contributed by atoms with van der Waals surface area (Å²) in [6.45, 7) is 2.66. The van der Waals surface area contributed by atoms with Gasteiger partial charge in [-0.05, 0) is 43.3 Å². The van der Waals surface area contributed by atoms with Crippen LogP contribution in [0.2, 0.25) is 0 Å². The van der Waals surface area contributed by atoms with E-state index in [4.69, 9.17) is 0 Å². The third-order valence-electron chi connectivity index (χ3n) is 4.99. The van der Waals surface area contributed by atoms with Gasteiger partial charge in [0.25, 0.3) is 0 Å². The van der Waals surface area contributed by atoms with Crippen molar-refractivity contribution in [2.45, 2.75) is 24.4 Å². The Morgan fingerprint density at radius 2 is 1.68 bits per heavy atom. The number of nitrogens with one attached hydrogen (secondary N) is 2. The number of nitrogens with zero attached hydrogens (tertiary/aromatic N) is 4. The van der Waals surface area contributed by atoms with Crippen molar-refractivity contribution in [3.8, 4) is 5.69 Å². The van der Waals surface area contributed by atoms with Crippen molar-refractivity contribution in [3.05, 3.63) is 96.1 Å². The molecule has 154 valence electrons. The fraction of sp³-hybridized carbons (Fsp3) is 0.125. The van der Waals surface area contributed by atoms with Crippen molar-refractivity contribution in [3.63, 3.8) is 0 Å². The molecule has 0 bridgehead atoms. The fourth-order valence-electron chi connectivity index (χ4n) is 3.40. The Balaban J connectivity index is 1.39. The maximum absolute atomic E-state index is 4.67. The van der Waals surface area contributed by atoms with E-state index < -0.39 is 0 Å². The minimum atomic E-state index is 0.580. The smallest absolute Gasteiger partial charge is 0.196 e. The maximum atomic E-state index is 4.67. The highest BCUT2D eigenvalue weighted by atomic mass is 32.2. The lowest BCUT2D eigenvalue weighted by atomic mass is 10.2. The van der Waals surface area contributed by atoms with E-state index in [9.17, 15) is 0 Å². The second kappa shape index (κ2) is 8.65. The van der Waals surface area contributed by atoms with E-state index in [1.807, 2.05) is 42.5 Å². The molecular formula is C24H22N6S. The van der Waals surface area contributed by atoms with Crippen molar-refractivity contribution in [2.24, 2.45) is 0 Å². The number of H-pyrrole nitrogens is 1. The highest BCUT2D eigenvalue weighted by Crippen LogP contribution is 2.26. The van der Waals surface area contributed by atoms with Gasteiger partial charge in [0.1, 0.15) is 5.82 Å². The van der Waals surface area contributed by atoms with Crippen LogP contribution in [-0.2, 0) is 12.3 Å². The molecule has 6 nitrogen and oxygen atoms in total. The number of rotatable bonds is 7. The van der Waals surface area contributed by atoms with E-state index in [-0.39, 0.29) is 0 Å². The summed E-state index contributed by atoms with van der Waals surface area (Å²) in [5.41, 5.74) is 5.36. The van der Waals surface area contributed by atoms with Crippen LogP contribution in [0.4, 0.5) is 5.69 Å². The molecule has 5 aromatic rings. The summed E-state index contributed by atoms with van der Waals surface area (Å²) in [7, 11) is 0. The molecule has 0 fully saturated rings. The first-order valence-corrected chi connectivity index (χ1v) is 11.1. The Bertz CT molecular complexity index is 1260. The van der Waals surface area contributed by atoms with Gasteiger partial charge in [0, 0.05) is 11.4 Å². The molecule has 0 atom stereocenters. The van der Waals surface area contributed by atoms with Crippen LogP contribution in [0.15, 0.2) is 84.0 Å². The van der Waals surface area contributed by atoms with E-state index in [1.165, 1.54) is 5.56 Å². The van der Waals surface area contributed by atoms with E-state index in [0.717, 1.165) is 39.2 Å². The first-order chi connectivity index (χ1) is 15.3. The van der Waals surface area contributed by atoms with Gasteiger partial charge in [0.15, 0.2) is 11.0 Å². The lowest BCUT2D eigenvalue weighted by molar-refractivity contribution is 0.840. The summed E-state index contributed by atoms with van der Waals surface area (Å²) in [5, 5.41) is 13.3. The number of fused-ring (bicyclic) bond motifs is 1. The molecule has 2 aromatic heterocycles. The molecule has 31 heavy (non-hydrogen) atoms. The normalized spacial score (nSPS) is 11.1. The largest absolute Gasteiger partial charge is 0.378 e. The lowest BCUT2D eigenvalue weighted by Gasteiger charge is -2.11. The van der Waals surface area contributed by atoms with E-state index in [2.05, 4.69) is 73.4 Å². The number of hydrogen-bond acceptors (Lipinski definition) is 5. The van der Waals surface area contributed by atoms with Crippen LogP contribution in [0, 0.1) is 6.92 Å². The zero-order valence-electron chi connectivity index (χ0n) is 17.1. The van der Waals surface area contributed by atoms with Gasteiger partial charge in [-0.1, -0.05) is 59.8 Å². The highest BCUT2D eigenvalue weighted by Gasteiger charge is 2.15. The minimum Gasteiger partial charge on any atom is -0.378 e. The molecule has 0 radical (unpaired) electrons. The van der Waals surface area contributed by atoms with Crippen LogP contribution < -0.4 is 5.32 Å². The third kappa shape index (κ3) is 4.32. The molecule has 0 saturated carbocycles. The number of para-hydroxylation sites is 3. The standard InChI is InChI=1S/C24H22N6S/c1-17-11-13-18(14-12-17)25-15-23-28-29-24(30(23)19-7-3-2-4-8-19)31-16-22-26-20-9-5-6-10-21(20)27-22/h2-14,25H,15-16H2,1H3,(H,26,27). The lowest BCUT2D eigenvalue weighted by Crippen LogP contribution is -2.08. The molecule has 0 saturated heterocycles. The van der Waals surface area contributed by atoms with Crippen LogP contribution in [-0.4, -0.2) is 24.7 Å². The number of imidazole rings is 1. The Morgan fingerprint density at radius 3 is 2.48 bits per heavy atom. The highest BCUT2D eigenvalue weighted by molar-refractivity contribution is 7.98. The third-order valence-corrected chi connectivity index (χ3v) is 5.93. The first kappa shape index (κ1) is 19.4. The summed E-state index contributed by atoms with van der Waals surface area (Å²) in [4.78, 5) is 8.06. The SMILES string of the molecule is Cc1ccc(NCc2nnc(SCc3nc4ccccc4[nH]3)n2-c2ccccc2)cc1. The molecule has 2 heterocycles. The second-order valence-electron chi connectivity index (χ2n) is 7.28. The quantitative estimate of drug-likeness (QED) is 0.343. The van der Waals surface area contributed by atoms with Crippen molar-refractivity contribution >= 4 is 28.5 Å². The summed E-state index contributed by atoms with van der Waals surface area (Å²) >= 11 is 1.62. The summed E-state index contributed by atoms with van der Waals surface area (Å²) < 4.78 is 2.11. The van der Waals surface area contributed by atoms with Gasteiger partial charge in [-0.2, -0.15) is 0 Å². The molecule has 0 aliphatic rings. The van der Waals surface area contributed by atoms with Crippen molar-refractivity contribution in [1.29, 1.82) is 0 Å². The molecule has 0 aliphatic carbocycles. The fourth-order valence-corrected chi connectivity index (χ4v) is 4.25. The second-order valence-corrected chi connectivity index (χ2v) is 8.22. The van der Waals surface area contributed by atoms with Crippen molar-refractivity contribution in [1.82, 2.24) is 24.7 Å². The number of aryl methyl sites for hydroxylation is 1. The number of aromatic nitrogens is 5. The van der Waals surface area contributed by atoms with Crippen molar-refractivity contribution < 1.29 is 0 Å². The molecule has 5 rings (SSSR count). The van der Waals surface area contributed by atoms with Crippen LogP contribution in [0.25, 0.3) is 16.7 Å². The van der Waals surface area contributed by atoms with Crippen LogP contribution >= 0.6 is 11.8 Å². The number of anilines is 1. The summed E-state index contributed by atoms with van der Waals surface area (Å²) in [6, 6.07) is 26.6. The molecule has 2 N–H and O–H groups in total. The van der Waals surface area contributed by atoms with Gasteiger partial charge >= 0.3 is 0 Å². The Hall–Kier alpha value is -3.58. The van der Waals surface area contributed by atoms with Crippen molar-refractivity contribution in [2.75, 3.05) is 5.32 Å². The topological polar surface area (TPSA) is 71.4 Å². The number of aromatic amines is 1. The van der Waals surface area contributed by atoms with E-state index in [0.29, 0.717) is 12.3 Å². The van der Waals surface area contributed by atoms with Gasteiger partial charge in [-0.3, -0.25) is 4.57 Å². The van der Waals surface area contributed by atoms with Gasteiger partial charge in [-0.15, -0.1) is 10.2 Å². The predicted octanol–water partition coefficient (Wildman–Crippen LogP) is 5.36. The zero-order valence-corrected chi connectivity index (χ0v) is 17.9. The van der Waals surface area contributed by atoms with E-state index >= 15 is 0 Å². The molecule has 7 heteroatoms. The van der Waals surface area contributed by atoms with Crippen LogP contribution in [0.3, 0.4) is 0 Å².